The zero-order chi connectivity index (χ0) is 23.8. The zero-order valence-electron chi connectivity index (χ0n) is 18.0. The van der Waals surface area contributed by atoms with Crippen LogP contribution in [0, 0.1) is 0 Å². The lowest BCUT2D eigenvalue weighted by molar-refractivity contribution is -0.254. The number of nitrogens with one attached hydrogen (secondary N) is 1. The fraction of sp³-hybridized carbons (Fsp3) is 0.250. The summed E-state index contributed by atoms with van der Waals surface area (Å²) >= 11 is 6.65. The number of para-hydroxylation sites is 1. The molecule has 1 saturated heterocycles. The lowest BCUT2D eigenvalue weighted by Crippen LogP contribution is -2.29. The minimum absolute atomic E-state index is 0.0529. The van der Waals surface area contributed by atoms with Gasteiger partial charge in [0.15, 0.2) is 0 Å². The van der Waals surface area contributed by atoms with Gasteiger partial charge in [0, 0.05) is 24.2 Å². The summed E-state index contributed by atoms with van der Waals surface area (Å²) < 4.78 is 5.67. The highest BCUT2D eigenvalue weighted by Crippen LogP contribution is 2.33. The van der Waals surface area contributed by atoms with E-state index in [0.717, 1.165) is 17.7 Å². The van der Waals surface area contributed by atoms with E-state index in [9.17, 15) is 19.5 Å². The van der Waals surface area contributed by atoms with E-state index in [2.05, 4.69) is 5.32 Å². The van der Waals surface area contributed by atoms with Crippen molar-refractivity contribution in [2.45, 2.75) is 25.7 Å². The lowest BCUT2D eigenvalue weighted by atomic mass is 10.1. The van der Waals surface area contributed by atoms with Crippen LogP contribution < -0.4 is 15.2 Å². The molecule has 0 unspecified atom stereocenters. The number of thiocarbonyl (C=S) groups is 1. The molecule has 0 radical (unpaired) electrons. The molecule has 33 heavy (non-hydrogen) atoms. The Kier molecular flexibility index (Phi) is 8.62. The molecule has 0 saturated carbocycles. The first-order valence-electron chi connectivity index (χ1n) is 10.4. The number of hydrogen-bond acceptors (Lipinski definition) is 7. The number of anilines is 1. The molecule has 7 nitrogen and oxygen atoms in total. The number of amides is 2. The van der Waals surface area contributed by atoms with Gasteiger partial charge in [0.1, 0.15) is 10.1 Å². The van der Waals surface area contributed by atoms with Gasteiger partial charge in [0.05, 0.1) is 18.0 Å². The number of carbonyl (C=O) groups is 3. The van der Waals surface area contributed by atoms with E-state index in [1.165, 1.54) is 23.9 Å². The maximum atomic E-state index is 12.7. The van der Waals surface area contributed by atoms with Gasteiger partial charge in [-0.1, -0.05) is 60.7 Å². The van der Waals surface area contributed by atoms with Crippen molar-refractivity contribution in [1.29, 1.82) is 0 Å². The predicted octanol–water partition coefficient (Wildman–Crippen LogP) is 3.46. The first-order valence-corrected chi connectivity index (χ1v) is 11.6. The van der Waals surface area contributed by atoms with Crippen LogP contribution in [0.1, 0.15) is 41.6 Å². The highest BCUT2D eigenvalue weighted by atomic mass is 32.2. The van der Waals surface area contributed by atoms with Crippen LogP contribution in [-0.2, 0) is 9.59 Å². The SMILES string of the molecule is COc1ccc(/C=C2\SC(=S)N(CCCCCC(=O)Nc3ccccc3C(=O)[O-])C2=O)cc1. The summed E-state index contributed by atoms with van der Waals surface area (Å²) in [4.78, 5) is 38.1. The number of carboxylic acid groups (broad SMARTS) is 1. The summed E-state index contributed by atoms with van der Waals surface area (Å²) in [5.41, 5.74) is 1.06. The number of nitrogens with zero attached hydrogens (tertiary/aromatic N) is 1. The molecule has 172 valence electrons. The molecule has 0 aromatic heterocycles. The van der Waals surface area contributed by atoms with E-state index >= 15 is 0 Å². The van der Waals surface area contributed by atoms with Crippen molar-refractivity contribution >= 4 is 57.8 Å². The molecule has 3 rings (SSSR count). The van der Waals surface area contributed by atoms with Gasteiger partial charge < -0.3 is 20.0 Å². The Morgan fingerprint density at radius 3 is 2.55 bits per heavy atom. The number of carboxylic acids is 1. The van der Waals surface area contributed by atoms with Crippen LogP contribution in [0.25, 0.3) is 6.08 Å². The number of benzene rings is 2. The van der Waals surface area contributed by atoms with Gasteiger partial charge in [-0.25, -0.2) is 0 Å². The molecule has 0 aliphatic carbocycles. The van der Waals surface area contributed by atoms with Crippen LogP contribution >= 0.6 is 24.0 Å². The Morgan fingerprint density at radius 2 is 1.85 bits per heavy atom. The van der Waals surface area contributed by atoms with Crippen LogP contribution in [-0.4, -0.2) is 40.7 Å². The average molecular weight is 484 g/mol. The fourth-order valence-electron chi connectivity index (χ4n) is 3.26. The Hall–Kier alpha value is -3.17. The van der Waals surface area contributed by atoms with Crippen LogP contribution in [0.4, 0.5) is 5.69 Å². The van der Waals surface area contributed by atoms with Crippen LogP contribution in [0.15, 0.2) is 53.4 Å². The van der Waals surface area contributed by atoms with Gasteiger partial charge in [-0.05, 0) is 42.7 Å². The summed E-state index contributed by atoms with van der Waals surface area (Å²) in [7, 11) is 1.60. The average Bonchev–Trinajstić information content (AvgIpc) is 3.06. The minimum atomic E-state index is -1.34. The Labute approximate surface area is 201 Å². The Bertz CT molecular complexity index is 1080. The van der Waals surface area contributed by atoms with Crippen LogP contribution in [0.5, 0.6) is 5.75 Å². The second-order valence-corrected chi connectivity index (χ2v) is 8.97. The van der Waals surface area contributed by atoms with Crippen molar-refractivity contribution < 1.29 is 24.2 Å². The largest absolute Gasteiger partial charge is 0.545 e. The molecular formula is C24H23N2O5S2-. The van der Waals surface area contributed by atoms with Crippen molar-refractivity contribution in [3.8, 4) is 5.75 Å². The number of rotatable bonds is 10. The van der Waals surface area contributed by atoms with Crippen molar-refractivity contribution in [2.24, 2.45) is 0 Å². The number of hydrogen-bond donors (Lipinski definition) is 1. The quantitative estimate of drug-likeness (QED) is 0.314. The van der Waals surface area contributed by atoms with Gasteiger partial charge in [-0.15, -0.1) is 0 Å². The molecule has 2 aromatic rings. The maximum absolute atomic E-state index is 12.7. The van der Waals surface area contributed by atoms with Crippen molar-refractivity contribution in [1.82, 2.24) is 4.90 Å². The molecule has 0 bridgehead atoms. The van der Waals surface area contributed by atoms with E-state index in [1.807, 2.05) is 30.3 Å². The first-order chi connectivity index (χ1) is 15.9. The van der Waals surface area contributed by atoms with Crippen molar-refractivity contribution in [3.63, 3.8) is 0 Å². The van der Waals surface area contributed by atoms with E-state index in [0.29, 0.717) is 28.6 Å². The van der Waals surface area contributed by atoms with Gasteiger partial charge in [0.25, 0.3) is 5.91 Å². The molecule has 0 atom stereocenters. The molecule has 1 aliphatic rings. The predicted molar refractivity (Wildman–Crippen MR) is 131 cm³/mol. The summed E-state index contributed by atoms with van der Waals surface area (Å²) in [6.07, 6.45) is 4.09. The lowest BCUT2D eigenvalue weighted by Gasteiger charge is -2.14. The number of unbranched alkanes of at least 4 members (excludes halogenated alkanes) is 2. The number of aromatic carboxylic acids is 1. The van der Waals surface area contributed by atoms with Crippen LogP contribution in [0.2, 0.25) is 0 Å². The maximum Gasteiger partial charge on any atom is 0.266 e. The van der Waals surface area contributed by atoms with Crippen molar-refractivity contribution in [2.75, 3.05) is 19.0 Å². The number of carbonyl (C=O) groups excluding carboxylic acids is 3. The zero-order valence-corrected chi connectivity index (χ0v) is 19.7. The standard InChI is InChI=1S/C24H24N2O5S2/c1-31-17-12-10-16(11-13-17)15-20-22(28)26(24(32)33-20)14-6-2-3-9-21(27)25-19-8-5-4-7-18(19)23(29)30/h4-5,7-8,10-13,15H,2-3,6,9,14H2,1H3,(H,25,27)(H,29,30)/p-1/b20-15-. The summed E-state index contributed by atoms with van der Waals surface area (Å²) in [6.45, 7) is 0.486. The Balaban J connectivity index is 1.43. The third-order valence-corrected chi connectivity index (χ3v) is 6.37. The Morgan fingerprint density at radius 1 is 1.12 bits per heavy atom. The van der Waals surface area contributed by atoms with Gasteiger partial charge in [0.2, 0.25) is 5.91 Å². The van der Waals surface area contributed by atoms with Crippen LogP contribution in [0.3, 0.4) is 0 Å². The van der Waals surface area contributed by atoms with E-state index in [1.54, 1.807) is 24.1 Å². The molecule has 2 aromatic carbocycles. The van der Waals surface area contributed by atoms with E-state index in [4.69, 9.17) is 17.0 Å². The van der Waals surface area contributed by atoms with Gasteiger partial charge in [-0.3, -0.25) is 14.5 Å². The van der Waals surface area contributed by atoms with Crippen molar-refractivity contribution in [3.05, 3.63) is 64.6 Å². The molecule has 2 amide bonds. The summed E-state index contributed by atoms with van der Waals surface area (Å²) in [5, 5.41) is 13.7. The second kappa shape index (κ2) is 11.6. The number of methoxy groups -OCH3 is 1. The number of ether oxygens (including phenoxy) is 1. The smallest absolute Gasteiger partial charge is 0.266 e. The normalized spacial score (nSPS) is 14.6. The van der Waals surface area contributed by atoms with E-state index in [-0.39, 0.29) is 29.5 Å². The summed E-state index contributed by atoms with van der Waals surface area (Å²) in [6, 6.07) is 13.5. The third kappa shape index (κ3) is 6.66. The van der Waals surface area contributed by atoms with Gasteiger partial charge in [-0.2, -0.15) is 0 Å². The first kappa shape index (κ1) is 24.5. The van der Waals surface area contributed by atoms with E-state index < -0.39 is 5.97 Å². The molecule has 0 spiro atoms. The molecule has 1 N–H and O–H groups in total. The molecule has 1 aliphatic heterocycles. The highest BCUT2D eigenvalue weighted by Gasteiger charge is 2.31. The fourth-order valence-corrected chi connectivity index (χ4v) is 4.57. The number of thioether (sulfide) groups is 1. The molecular weight excluding hydrogens is 460 g/mol. The molecule has 1 heterocycles. The third-order valence-electron chi connectivity index (χ3n) is 4.99. The highest BCUT2D eigenvalue weighted by molar-refractivity contribution is 8.26. The topological polar surface area (TPSA) is 98.8 Å². The minimum Gasteiger partial charge on any atom is -0.545 e. The summed E-state index contributed by atoms with van der Waals surface area (Å²) in [5.74, 6) is -0.971. The monoisotopic (exact) mass is 483 g/mol. The molecule has 9 heteroatoms. The molecule has 1 fully saturated rings. The van der Waals surface area contributed by atoms with Gasteiger partial charge >= 0.3 is 0 Å². The second-order valence-electron chi connectivity index (χ2n) is 7.30.